The lowest BCUT2D eigenvalue weighted by Crippen LogP contribution is -2.23. The highest BCUT2D eigenvalue weighted by atomic mass is 79.9. The monoisotopic (exact) mass is 263 g/mol. The van der Waals surface area contributed by atoms with Crippen LogP contribution in [0.3, 0.4) is 0 Å². The fraction of sp³-hybridized carbons (Fsp3) is 0.333. The molecule has 1 aromatic carbocycles. The van der Waals surface area contributed by atoms with Crippen LogP contribution in [-0.4, -0.2) is 16.3 Å². The van der Waals surface area contributed by atoms with E-state index in [1.807, 2.05) is 0 Å². The number of rotatable bonds is 2. The first-order valence-electron chi connectivity index (χ1n) is 4.05. The van der Waals surface area contributed by atoms with Crippen LogP contribution in [0.15, 0.2) is 16.6 Å². The van der Waals surface area contributed by atoms with Gasteiger partial charge in [0.15, 0.2) is 0 Å². The van der Waals surface area contributed by atoms with E-state index in [1.165, 1.54) is 6.92 Å². The van der Waals surface area contributed by atoms with Crippen LogP contribution in [0.1, 0.15) is 18.5 Å². The minimum Gasteiger partial charge on any atom is -0.506 e. The van der Waals surface area contributed by atoms with Gasteiger partial charge >= 0.3 is 0 Å². The van der Waals surface area contributed by atoms with Gasteiger partial charge < -0.3 is 15.9 Å². The van der Waals surface area contributed by atoms with Crippen molar-refractivity contribution in [2.45, 2.75) is 19.1 Å². The van der Waals surface area contributed by atoms with Gasteiger partial charge in [0.25, 0.3) is 0 Å². The zero-order valence-corrected chi connectivity index (χ0v) is 9.12. The van der Waals surface area contributed by atoms with Gasteiger partial charge in [-0.3, -0.25) is 0 Å². The fourth-order valence-electron chi connectivity index (χ4n) is 1.10. The predicted octanol–water partition coefficient (Wildman–Crippen LogP) is 1.67. The minimum atomic E-state index is -0.852. The highest BCUT2D eigenvalue weighted by Gasteiger charge is 2.18. The van der Waals surface area contributed by atoms with Crippen LogP contribution in [-0.2, 0) is 0 Å². The molecule has 0 unspecified atom stereocenters. The van der Waals surface area contributed by atoms with Crippen molar-refractivity contribution >= 4 is 15.9 Å². The Morgan fingerprint density at radius 3 is 2.57 bits per heavy atom. The van der Waals surface area contributed by atoms with E-state index in [2.05, 4.69) is 15.9 Å². The first kappa shape index (κ1) is 11.4. The van der Waals surface area contributed by atoms with Crippen LogP contribution < -0.4 is 5.73 Å². The maximum atomic E-state index is 13.0. The van der Waals surface area contributed by atoms with Gasteiger partial charge in [-0.15, -0.1) is 0 Å². The Balaban J connectivity index is 3.20. The molecule has 0 saturated carbocycles. The zero-order chi connectivity index (χ0) is 10.9. The van der Waals surface area contributed by atoms with Gasteiger partial charge in [0, 0.05) is 5.56 Å². The maximum absolute atomic E-state index is 13.0. The molecule has 1 aromatic rings. The van der Waals surface area contributed by atoms with Crippen LogP contribution in [0.5, 0.6) is 5.75 Å². The highest BCUT2D eigenvalue weighted by Crippen LogP contribution is 2.33. The summed E-state index contributed by atoms with van der Waals surface area (Å²) in [5.74, 6) is -0.652. The van der Waals surface area contributed by atoms with Crippen molar-refractivity contribution in [2.75, 3.05) is 0 Å². The second kappa shape index (κ2) is 4.25. The number of aliphatic hydroxyl groups is 1. The summed E-state index contributed by atoms with van der Waals surface area (Å²) in [4.78, 5) is 0. The van der Waals surface area contributed by atoms with Crippen molar-refractivity contribution in [1.82, 2.24) is 0 Å². The molecule has 5 heteroatoms. The first-order valence-corrected chi connectivity index (χ1v) is 4.84. The summed E-state index contributed by atoms with van der Waals surface area (Å²) in [6.45, 7) is 1.48. The largest absolute Gasteiger partial charge is 0.506 e. The van der Waals surface area contributed by atoms with E-state index in [4.69, 9.17) is 5.73 Å². The van der Waals surface area contributed by atoms with E-state index < -0.39 is 18.0 Å². The molecule has 0 fully saturated rings. The van der Waals surface area contributed by atoms with E-state index in [0.29, 0.717) is 0 Å². The van der Waals surface area contributed by atoms with Crippen molar-refractivity contribution in [1.29, 1.82) is 0 Å². The van der Waals surface area contributed by atoms with Crippen molar-refractivity contribution in [3.8, 4) is 5.75 Å². The summed E-state index contributed by atoms with van der Waals surface area (Å²) in [6.07, 6.45) is -0.852. The predicted molar refractivity (Wildman–Crippen MR) is 54.4 cm³/mol. The Bertz CT molecular complexity index is 344. The molecule has 1 rings (SSSR count). The van der Waals surface area contributed by atoms with Gasteiger partial charge in [-0.05, 0) is 35.0 Å². The van der Waals surface area contributed by atoms with E-state index in [1.54, 1.807) is 0 Å². The normalized spacial score (nSPS) is 15.2. The van der Waals surface area contributed by atoms with Crippen LogP contribution in [0, 0.1) is 5.82 Å². The number of nitrogens with two attached hydrogens (primary N) is 1. The summed E-state index contributed by atoms with van der Waals surface area (Å²) in [7, 11) is 0. The fourth-order valence-corrected chi connectivity index (χ4v) is 1.55. The third-order valence-corrected chi connectivity index (χ3v) is 2.54. The van der Waals surface area contributed by atoms with Crippen molar-refractivity contribution in [2.24, 2.45) is 5.73 Å². The van der Waals surface area contributed by atoms with Gasteiger partial charge in [-0.25, -0.2) is 4.39 Å². The number of aromatic hydroxyl groups is 1. The Kier molecular flexibility index (Phi) is 3.47. The Hall–Kier alpha value is -0.650. The van der Waals surface area contributed by atoms with Crippen LogP contribution in [0.25, 0.3) is 0 Å². The topological polar surface area (TPSA) is 66.5 Å². The molecule has 4 N–H and O–H groups in total. The van der Waals surface area contributed by atoms with Gasteiger partial charge in [-0.1, -0.05) is 0 Å². The zero-order valence-electron chi connectivity index (χ0n) is 7.54. The molecule has 14 heavy (non-hydrogen) atoms. The molecular weight excluding hydrogens is 253 g/mol. The van der Waals surface area contributed by atoms with E-state index in [0.717, 1.165) is 12.1 Å². The van der Waals surface area contributed by atoms with Crippen LogP contribution >= 0.6 is 15.9 Å². The Labute approximate surface area is 89.5 Å². The number of aliphatic hydroxyl groups excluding tert-OH is 1. The molecule has 78 valence electrons. The molecular formula is C9H11BrFNO2. The van der Waals surface area contributed by atoms with Crippen molar-refractivity contribution < 1.29 is 14.6 Å². The molecule has 0 amide bonds. The molecule has 0 aliphatic heterocycles. The quantitative estimate of drug-likeness (QED) is 0.761. The smallest absolute Gasteiger partial charge is 0.134 e. The molecule has 3 nitrogen and oxygen atoms in total. The summed E-state index contributed by atoms with van der Waals surface area (Å²) >= 11 is 2.99. The third kappa shape index (κ3) is 2.23. The number of phenols is 1. The van der Waals surface area contributed by atoms with Crippen molar-refractivity contribution in [3.05, 3.63) is 28.0 Å². The number of hydrogen-bond donors (Lipinski definition) is 3. The molecule has 0 aliphatic carbocycles. The summed E-state index contributed by atoms with van der Waals surface area (Å²) < 4.78 is 13.2. The first-order chi connectivity index (χ1) is 6.43. The van der Waals surface area contributed by atoms with Crippen LogP contribution in [0.2, 0.25) is 0 Å². The lowest BCUT2D eigenvalue weighted by atomic mass is 10.0. The van der Waals surface area contributed by atoms with E-state index in [-0.39, 0.29) is 15.8 Å². The second-order valence-electron chi connectivity index (χ2n) is 3.09. The molecule has 0 saturated heterocycles. The molecule has 0 spiro atoms. The summed E-state index contributed by atoms with van der Waals surface area (Å²) in [6, 6.07) is 1.44. The SMILES string of the molecule is C[C@H](O)[C@H](N)c1cc(F)cc(Br)c1O. The van der Waals surface area contributed by atoms with Gasteiger partial charge in [-0.2, -0.15) is 0 Å². The molecule has 0 heterocycles. The van der Waals surface area contributed by atoms with E-state index in [9.17, 15) is 14.6 Å². The lowest BCUT2D eigenvalue weighted by Gasteiger charge is -2.17. The standard InChI is InChI=1S/C9H11BrFNO2/c1-4(13)8(12)6-2-5(11)3-7(10)9(6)14/h2-4,8,13-14H,12H2,1H3/t4-,8-/m0/s1. The Morgan fingerprint density at radius 2 is 2.07 bits per heavy atom. The Morgan fingerprint density at radius 1 is 1.50 bits per heavy atom. The van der Waals surface area contributed by atoms with Crippen LogP contribution in [0.4, 0.5) is 4.39 Å². The molecule has 0 radical (unpaired) electrons. The maximum Gasteiger partial charge on any atom is 0.134 e. The van der Waals surface area contributed by atoms with Gasteiger partial charge in [0.2, 0.25) is 0 Å². The van der Waals surface area contributed by atoms with Gasteiger partial charge in [0.1, 0.15) is 11.6 Å². The average Bonchev–Trinajstić information content (AvgIpc) is 2.09. The molecule has 0 aliphatic rings. The molecule has 0 bridgehead atoms. The van der Waals surface area contributed by atoms with E-state index >= 15 is 0 Å². The highest BCUT2D eigenvalue weighted by molar-refractivity contribution is 9.10. The number of hydrogen-bond acceptors (Lipinski definition) is 3. The van der Waals surface area contributed by atoms with Crippen molar-refractivity contribution in [3.63, 3.8) is 0 Å². The summed E-state index contributed by atoms with van der Waals surface area (Å²) in [5.41, 5.74) is 5.77. The van der Waals surface area contributed by atoms with Gasteiger partial charge in [0.05, 0.1) is 16.6 Å². The number of halogens is 2. The average molecular weight is 264 g/mol. The number of benzene rings is 1. The minimum absolute atomic E-state index is 0.139. The number of phenolic OH excluding ortho intramolecular Hbond substituents is 1. The second-order valence-corrected chi connectivity index (χ2v) is 3.95. The third-order valence-electron chi connectivity index (χ3n) is 1.94. The molecule has 0 aromatic heterocycles. The molecule has 2 atom stereocenters. The summed E-state index contributed by atoms with van der Waals surface area (Å²) in [5, 5.41) is 18.7. The lowest BCUT2D eigenvalue weighted by molar-refractivity contribution is 0.162.